The van der Waals surface area contributed by atoms with E-state index in [1.165, 1.54) is 0 Å². The van der Waals surface area contributed by atoms with Crippen molar-refractivity contribution in [2.75, 3.05) is 0 Å². The van der Waals surface area contributed by atoms with Crippen molar-refractivity contribution in [1.82, 2.24) is 4.98 Å². The molecule has 0 saturated heterocycles. The molecule has 0 fully saturated rings. The third-order valence-corrected chi connectivity index (χ3v) is 2.70. The predicted octanol–water partition coefficient (Wildman–Crippen LogP) is 2.94. The minimum Gasteiger partial charge on any atom is -0.356 e. The molecule has 1 aromatic carbocycles. The van der Waals surface area contributed by atoms with Gasteiger partial charge in [-0.3, -0.25) is 0 Å². The smallest absolute Gasteiger partial charge is 0.165 e. The number of rotatable bonds is 1. The van der Waals surface area contributed by atoms with Crippen LogP contribution < -0.4 is 4.84 Å². The second-order valence-electron chi connectivity index (χ2n) is 3.85. The van der Waals surface area contributed by atoms with E-state index in [0.29, 0.717) is 5.69 Å². The monoisotopic (exact) mass is 235 g/mol. The Hall–Kier alpha value is -2.80. The van der Waals surface area contributed by atoms with Gasteiger partial charge in [0.1, 0.15) is 11.8 Å². The Bertz CT molecular complexity index is 689. The van der Waals surface area contributed by atoms with Gasteiger partial charge in [-0.15, -0.1) is 0 Å². The molecule has 0 unspecified atom stereocenters. The van der Waals surface area contributed by atoms with Gasteiger partial charge < -0.3 is 9.82 Å². The highest BCUT2D eigenvalue weighted by molar-refractivity contribution is 5.81. The number of hydrogen-bond donors (Lipinski definition) is 1. The topological polar surface area (TPSA) is 61.2 Å². The number of oxime groups is 1. The highest BCUT2D eigenvalue weighted by atomic mass is 16.6. The SMILES string of the molecule is N#Cc1ccc(-c2ccc3c(c2)C=CC=NO3)[nH]1. The Balaban J connectivity index is 2.05. The Morgan fingerprint density at radius 1 is 1.22 bits per heavy atom. The van der Waals surface area contributed by atoms with Crippen molar-refractivity contribution in [2.24, 2.45) is 5.16 Å². The second kappa shape index (κ2) is 4.22. The Kier molecular flexibility index (Phi) is 2.43. The van der Waals surface area contributed by atoms with E-state index in [9.17, 15) is 0 Å². The summed E-state index contributed by atoms with van der Waals surface area (Å²) in [5.74, 6) is 0.718. The van der Waals surface area contributed by atoms with E-state index >= 15 is 0 Å². The summed E-state index contributed by atoms with van der Waals surface area (Å²) in [6, 6.07) is 11.5. The fourth-order valence-corrected chi connectivity index (χ4v) is 1.83. The fraction of sp³-hybridized carbons (Fsp3) is 0. The predicted molar refractivity (Wildman–Crippen MR) is 69.1 cm³/mol. The molecule has 0 radical (unpaired) electrons. The molecular formula is C14H9N3O. The van der Waals surface area contributed by atoms with Gasteiger partial charge in [-0.05, 0) is 48.0 Å². The highest BCUT2D eigenvalue weighted by Gasteiger charge is 2.07. The summed E-state index contributed by atoms with van der Waals surface area (Å²) in [5.41, 5.74) is 3.42. The lowest BCUT2D eigenvalue weighted by atomic mass is 10.1. The van der Waals surface area contributed by atoms with Crippen molar-refractivity contribution in [3.8, 4) is 23.1 Å². The van der Waals surface area contributed by atoms with Crippen molar-refractivity contribution in [3.63, 3.8) is 0 Å². The van der Waals surface area contributed by atoms with Gasteiger partial charge in [0.2, 0.25) is 0 Å². The van der Waals surface area contributed by atoms with Gasteiger partial charge in [-0.2, -0.15) is 5.26 Å². The maximum absolute atomic E-state index is 8.80. The number of benzene rings is 1. The van der Waals surface area contributed by atoms with E-state index in [0.717, 1.165) is 22.6 Å². The van der Waals surface area contributed by atoms with Crippen molar-refractivity contribution < 1.29 is 4.84 Å². The van der Waals surface area contributed by atoms with E-state index in [1.54, 1.807) is 12.3 Å². The Labute approximate surface area is 104 Å². The largest absolute Gasteiger partial charge is 0.356 e. The van der Waals surface area contributed by atoms with E-state index in [4.69, 9.17) is 10.1 Å². The molecule has 0 aliphatic carbocycles. The van der Waals surface area contributed by atoms with Crippen molar-refractivity contribution in [3.05, 3.63) is 47.7 Å². The summed E-state index contributed by atoms with van der Waals surface area (Å²) in [4.78, 5) is 8.25. The first-order valence-corrected chi connectivity index (χ1v) is 5.47. The Morgan fingerprint density at radius 3 is 3.00 bits per heavy atom. The van der Waals surface area contributed by atoms with Crippen LogP contribution in [0.25, 0.3) is 17.3 Å². The number of allylic oxidation sites excluding steroid dienone is 1. The molecule has 1 aliphatic rings. The van der Waals surface area contributed by atoms with Crippen LogP contribution in [-0.4, -0.2) is 11.2 Å². The van der Waals surface area contributed by atoms with Gasteiger partial charge in [-0.1, -0.05) is 5.16 Å². The molecule has 0 saturated carbocycles. The third-order valence-electron chi connectivity index (χ3n) is 2.70. The minimum atomic E-state index is 0.551. The number of nitrogens with one attached hydrogen (secondary N) is 1. The van der Waals surface area contributed by atoms with E-state index < -0.39 is 0 Å². The lowest BCUT2D eigenvalue weighted by molar-refractivity contribution is 0.344. The number of hydrogen-bond acceptors (Lipinski definition) is 3. The molecule has 0 atom stereocenters. The Morgan fingerprint density at radius 2 is 2.17 bits per heavy atom. The van der Waals surface area contributed by atoms with Crippen LogP contribution in [0.2, 0.25) is 0 Å². The first kappa shape index (κ1) is 10.4. The van der Waals surface area contributed by atoms with Crippen LogP contribution >= 0.6 is 0 Å². The standard InChI is InChI=1S/C14H9N3O/c15-9-12-4-5-13(17-12)10-3-6-14-11(8-10)2-1-7-16-18-14/h1-8,17H. The summed E-state index contributed by atoms with van der Waals surface area (Å²) in [7, 11) is 0. The molecule has 2 aromatic rings. The first-order chi connectivity index (χ1) is 8.86. The summed E-state index contributed by atoms with van der Waals surface area (Å²) in [6.45, 7) is 0. The average molecular weight is 235 g/mol. The van der Waals surface area contributed by atoms with E-state index in [1.807, 2.05) is 36.4 Å². The highest BCUT2D eigenvalue weighted by Crippen LogP contribution is 2.28. The molecule has 1 aliphatic heterocycles. The van der Waals surface area contributed by atoms with Gasteiger partial charge in [0.05, 0.1) is 6.21 Å². The molecule has 0 spiro atoms. The molecule has 86 valence electrons. The van der Waals surface area contributed by atoms with Crippen molar-refractivity contribution in [2.45, 2.75) is 0 Å². The van der Waals surface area contributed by atoms with Gasteiger partial charge in [0, 0.05) is 11.3 Å². The summed E-state index contributed by atoms with van der Waals surface area (Å²) in [6.07, 6.45) is 5.36. The number of aromatic nitrogens is 1. The molecule has 1 aromatic heterocycles. The number of aromatic amines is 1. The van der Waals surface area contributed by atoms with E-state index in [2.05, 4.69) is 16.2 Å². The molecule has 1 N–H and O–H groups in total. The lowest BCUT2D eigenvalue weighted by Crippen LogP contribution is -1.86. The van der Waals surface area contributed by atoms with E-state index in [-0.39, 0.29) is 0 Å². The molecule has 4 heteroatoms. The van der Waals surface area contributed by atoms with Crippen molar-refractivity contribution >= 4 is 12.3 Å². The molecule has 3 rings (SSSR count). The quantitative estimate of drug-likeness (QED) is 0.826. The van der Waals surface area contributed by atoms with Crippen LogP contribution in [0.3, 0.4) is 0 Å². The number of fused-ring (bicyclic) bond motifs is 1. The summed E-state index contributed by atoms with van der Waals surface area (Å²) >= 11 is 0. The number of H-pyrrole nitrogens is 1. The molecule has 18 heavy (non-hydrogen) atoms. The van der Waals surface area contributed by atoms with Crippen LogP contribution in [-0.2, 0) is 0 Å². The van der Waals surface area contributed by atoms with Gasteiger partial charge in [0.25, 0.3) is 0 Å². The van der Waals surface area contributed by atoms with Gasteiger partial charge in [0.15, 0.2) is 5.75 Å². The third kappa shape index (κ3) is 1.78. The van der Waals surface area contributed by atoms with Crippen LogP contribution in [0.4, 0.5) is 0 Å². The summed E-state index contributed by atoms with van der Waals surface area (Å²) < 4.78 is 0. The zero-order valence-corrected chi connectivity index (χ0v) is 9.42. The second-order valence-corrected chi connectivity index (χ2v) is 3.85. The van der Waals surface area contributed by atoms with Crippen LogP contribution in [0.1, 0.15) is 11.3 Å². The normalized spacial score (nSPS) is 12.4. The molecule has 0 amide bonds. The van der Waals surface area contributed by atoms with Gasteiger partial charge >= 0.3 is 0 Å². The number of nitrogens with zero attached hydrogens (tertiary/aromatic N) is 2. The molecule has 4 nitrogen and oxygen atoms in total. The molecular weight excluding hydrogens is 226 g/mol. The number of nitriles is 1. The first-order valence-electron chi connectivity index (χ1n) is 5.47. The average Bonchev–Trinajstić information content (AvgIpc) is 2.76. The maximum Gasteiger partial charge on any atom is 0.165 e. The van der Waals surface area contributed by atoms with Crippen LogP contribution in [0, 0.1) is 11.3 Å². The minimum absolute atomic E-state index is 0.551. The lowest BCUT2D eigenvalue weighted by Gasteiger charge is -2.04. The maximum atomic E-state index is 8.80. The molecule has 2 heterocycles. The van der Waals surface area contributed by atoms with Gasteiger partial charge in [-0.25, -0.2) is 0 Å². The molecule has 0 bridgehead atoms. The zero-order chi connectivity index (χ0) is 12.4. The zero-order valence-electron chi connectivity index (χ0n) is 9.42. The fourth-order valence-electron chi connectivity index (χ4n) is 1.83. The van der Waals surface area contributed by atoms with Crippen molar-refractivity contribution in [1.29, 1.82) is 5.26 Å². The van der Waals surface area contributed by atoms with Crippen LogP contribution in [0.5, 0.6) is 5.75 Å². The van der Waals surface area contributed by atoms with Crippen LogP contribution in [0.15, 0.2) is 41.6 Å². The summed E-state index contributed by atoms with van der Waals surface area (Å²) in [5, 5.41) is 12.6.